The van der Waals surface area contributed by atoms with Gasteiger partial charge >= 0.3 is 7.82 Å². The predicted octanol–water partition coefficient (Wildman–Crippen LogP) is 2.37. The fourth-order valence-corrected chi connectivity index (χ4v) is 1.95. The van der Waals surface area contributed by atoms with Gasteiger partial charge in [-0.3, -0.25) is 9.05 Å². The molecule has 0 aliphatic rings. The number of hydrogen-bond donors (Lipinski definition) is 1. The van der Waals surface area contributed by atoms with Gasteiger partial charge in [-0.15, -0.1) is 23.2 Å². The van der Waals surface area contributed by atoms with Crippen molar-refractivity contribution < 1.29 is 18.5 Å². The van der Waals surface area contributed by atoms with Gasteiger partial charge in [0.25, 0.3) is 0 Å². The first-order chi connectivity index (χ1) is 5.91. The Balaban J connectivity index is 4.00. The maximum atomic E-state index is 11.1. The van der Waals surface area contributed by atoms with E-state index in [9.17, 15) is 4.57 Å². The summed E-state index contributed by atoms with van der Waals surface area (Å²) in [5.41, 5.74) is 0. The molecule has 0 saturated carbocycles. The Kier molecular flexibility index (Phi) is 6.56. The lowest BCUT2D eigenvalue weighted by Crippen LogP contribution is -2.14. The average Bonchev–Trinajstić information content (AvgIpc) is 2.02. The highest BCUT2D eigenvalue weighted by Gasteiger charge is 2.26. The van der Waals surface area contributed by atoms with Crippen LogP contribution in [0.15, 0.2) is 0 Å². The average molecular weight is 251 g/mol. The van der Waals surface area contributed by atoms with E-state index in [0.29, 0.717) is 0 Å². The molecule has 0 aromatic carbocycles. The third kappa shape index (κ3) is 6.72. The Morgan fingerprint density at radius 3 is 1.77 bits per heavy atom. The summed E-state index contributed by atoms with van der Waals surface area (Å²) in [5, 5.41) is 0. The van der Waals surface area contributed by atoms with Crippen molar-refractivity contribution in [2.45, 2.75) is 26.1 Å². The Morgan fingerprint density at radius 1 is 1.23 bits per heavy atom. The molecule has 0 rings (SSSR count). The van der Waals surface area contributed by atoms with E-state index < -0.39 is 20.0 Å². The minimum Gasteiger partial charge on any atom is -0.302 e. The topological polar surface area (TPSA) is 55.8 Å². The minimum absolute atomic E-state index is 0.128. The third-order valence-corrected chi connectivity index (χ3v) is 3.18. The summed E-state index contributed by atoms with van der Waals surface area (Å²) in [6.07, 6.45) is -1.06. The molecule has 0 aliphatic carbocycles. The summed E-state index contributed by atoms with van der Waals surface area (Å²) in [4.78, 5) is 9.11. The highest BCUT2D eigenvalue weighted by atomic mass is 35.5. The van der Waals surface area contributed by atoms with Gasteiger partial charge in [0.15, 0.2) is 0 Å². The molecule has 0 amide bonds. The van der Waals surface area contributed by atoms with E-state index in [1.54, 1.807) is 13.8 Å². The molecule has 80 valence electrons. The lowest BCUT2D eigenvalue weighted by atomic mass is 10.5. The Hall–Kier alpha value is 0.690. The van der Waals surface area contributed by atoms with Gasteiger partial charge in [-0.2, -0.15) is 0 Å². The molecule has 2 unspecified atom stereocenters. The number of rotatable bonds is 6. The highest BCUT2D eigenvalue weighted by molar-refractivity contribution is 7.47. The maximum absolute atomic E-state index is 11.1. The van der Waals surface area contributed by atoms with Crippen LogP contribution in [0.2, 0.25) is 0 Å². The monoisotopic (exact) mass is 250 g/mol. The van der Waals surface area contributed by atoms with Crippen molar-refractivity contribution in [1.29, 1.82) is 0 Å². The van der Waals surface area contributed by atoms with Crippen LogP contribution in [0.1, 0.15) is 13.8 Å². The van der Waals surface area contributed by atoms with Crippen molar-refractivity contribution in [2.75, 3.05) is 11.8 Å². The van der Waals surface area contributed by atoms with Crippen LogP contribution in [-0.4, -0.2) is 28.9 Å². The van der Waals surface area contributed by atoms with Gasteiger partial charge in [0.2, 0.25) is 0 Å². The summed E-state index contributed by atoms with van der Waals surface area (Å²) >= 11 is 10.8. The molecule has 0 spiro atoms. The van der Waals surface area contributed by atoms with Crippen LogP contribution in [0.25, 0.3) is 0 Å². The van der Waals surface area contributed by atoms with Crippen molar-refractivity contribution in [3.63, 3.8) is 0 Å². The van der Waals surface area contributed by atoms with Gasteiger partial charge in [-0.1, -0.05) is 0 Å². The lowest BCUT2D eigenvalue weighted by Gasteiger charge is -2.18. The molecule has 0 fully saturated rings. The van der Waals surface area contributed by atoms with Crippen molar-refractivity contribution in [2.24, 2.45) is 0 Å². The number of phosphoric acid groups is 1. The molecule has 0 bridgehead atoms. The van der Waals surface area contributed by atoms with Crippen LogP contribution < -0.4 is 0 Å². The number of phosphoric ester groups is 1. The zero-order valence-electron chi connectivity index (χ0n) is 7.44. The summed E-state index contributed by atoms with van der Waals surface area (Å²) in [5.74, 6) is 0.256. The summed E-state index contributed by atoms with van der Waals surface area (Å²) in [6.45, 7) is 3.15. The van der Waals surface area contributed by atoms with Crippen LogP contribution in [0, 0.1) is 0 Å². The van der Waals surface area contributed by atoms with Gasteiger partial charge in [-0.25, -0.2) is 4.57 Å². The van der Waals surface area contributed by atoms with Crippen LogP contribution in [0.5, 0.6) is 0 Å². The first-order valence-electron chi connectivity index (χ1n) is 3.72. The fourth-order valence-electron chi connectivity index (χ4n) is 0.536. The van der Waals surface area contributed by atoms with Crippen molar-refractivity contribution in [3.8, 4) is 0 Å². The Labute approximate surface area is 87.7 Å². The molecule has 0 aliphatic heterocycles. The normalized spacial score (nSPS) is 20.7. The minimum atomic E-state index is -4.01. The molecule has 0 heterocycles. The van der Waals surface area contributed by atoms with Crippen LogP contribution in [0.4, 0.5) is 0 Å². The van der Waals surface area contributed by atoms with E-state index in [1.807, 2.05) is 0 Å². The molecule has 4 nitrogen and oxygen atoms in total. The van der Waals surface area contributed by atoms with Crippen LogP contribution in [0.3, 0.4) is 0 Å². The summed E-state index contributed by atoms with van der Waals surface area (Å²) in [6, 6.07) is 0. The summed E-state index contributed by atoms with van der Waals surface area (Å²) < 4.78 is 20.5. The second-order valence-electron chi connectivity index (χ2n) is 2.61. The molecular weight excluding hydrogens is 238 g/mol. The summed E-state index contributed by atoms with van der Waals surface area (Å²) in [7, 11) is -4.01. The van der Waals surface area contributed by atoms with E-state index in [0.717, 1.165) is 0 Å². The van der Waals surface area contributed by atoms with E-state index in [-0.39, 0.29) is 11.8 Å². The second kappa shape index (κ2) is 6.23. The van der Waals surface area contributed by atoms with Crippen LogP contribution >= 0.6 is 31.0 Å². The molecule has 0 radical (unpaired) electrons. The van der Waals surface area contributed by atoms with E-state index in [2.05, 4.69) is 9.05 Å². The molecule has 13 heavy (non-hydrogen) atoms. The van der Waals surface area contributed by atoms with E-state index in [1.165, 1.54) is 0 Å². The molecular formula is C6H13Cl2O4P. The zero-order chi connectivity index (χ0) is 10.5. The van der Waals surface area contributed by atoms with E-state index >= 15 is 0 Å². The lowest BCUT2D eigenvalue weighted by molar-refractivity contribution is 0.101. The third-order valence-electron chi connectivity index (χ3n) is 1.06. The van der Waals surface area contributed by atoms with Gasteiger partial charge in [0.05, 0.1) is 12.2 Å². The van der Waals surface area contributed by atoms with Gasteiger partial charge < -0.3 is 4.89 Å². The largest absolute Gasteiger partial charge is 0.472 e. The molecule has 0 saturated heterocycles. The SMILES string of the molecule is CC(CCl)OP(=O)(O)OC(C)CCl. The van der Waals surface area contributed by atoms with Crippen molar-refractivity contribution in [3.05, 3.63) is 0 Å². The number of hydrogen-bond acceptors (Lipinski definition) is 3. The fraction of sp³-hybridized carbons (Fsp3) is 1.00. The first kappa shape index (κ1) is 13.7. The van der Waals surface area contributed by atoms with Gasteiger partial charge in [0, 0.05) is 11.8 Å². The van der Waals surface area contributed by atoms with E-state index in [4.69, 9.17) is 28.1 Å². The maximum Gasteiger partial charge on any atom is 0.472 e. The molecule has 2 atom stereocenters. The van der Waals surface area contributed by atoms with Gasteiger partial charge in [0.1, 0.15) is 0 Å². The predicted molar refractivity (Wildman–Crippen MR) is 52.4 cm³/mol. The number of halogens is 2. The van der Waals surface area contributed by atoms with Gasteiger partial charge in [-0.05, 0) is 13.8 Å². The number of alkyl halides is 2. The second-order valence-corrected chi connectivity index (χ2v) is 4.59. The Bertz CT molecular complexity index is 173. The van der Waals surface area contributed by atoms with Crippen molar-refractivity contribution >= 4 is 31.0 Å². The molecule has 0 aromatic heterocycles. The highest BCUT2D eigenvalue weighted by Crippen LogP contribution is 2.45. The van der Waals surface area contributed by atoms with Crippen LogP contribution in [-0.2, 0) is 13.6 Å². The standard InChI is InChI=1S/C6H13Cl2O4P/c1-5(3-7)11-13(9,10)12-6(2)4-8/h5-6H,3-4H2,1-2H3,(H,9,10). The molecule has 7 heteroatoms. The molecule has 1 N–H and O–H groups in total. The first-order valence-corrected chi connectivity index (χ1v) is 6.29. The van der Waals surface area contributed by atoms with Crippen molar-refractivity contribution in [1.82, 2.24) is 0 Å². The smallest absolute Gasteiger partial charge is 0.302 e. The molecule has 0 aromatic rings. The Morgan fingerprint density at radius 2 is 1.54 bits per heavy atom. The quantitative estimate of drug-likeness (QED) is 0.581. The zero-order valence-corrected chi connectivity index (χ0v) is 9.85.